The monoisotopic (exact) mass is 442 g/mol. The van der Waals surface area contributed by atoms with Gasteiger partial charge in [-0.25, -0.2) is 4.79 Å². The SMILES string of the molecule is COc1ccc2c(CNC[C@@H](C)c3ccccc3)c(C(=O)O)n(Cc3ccccc3C)c2c1. The van der Waals surface area contributed by atoms with Crippen LogP contribution in [-0.2, 0) is 13.1 Å². The van der Waals surface area contributed by atoms with E-state index in [4.69, 9.17) is 4.74 Å². The number of hydrogen-bond donors (Lipinski definition) is 2. The summed E-state index contributed by atoms with van der Waals surface area (Å²) in [6.45, 7) is 5.94. The van der Waals surface area contributed by atoms with Crippen LogP contribution in [0, 0.1) is 6.92 Å². The highest BCUT2D eigenvalue weighted by atomic mass is 16.5. The summed E-state index contributed by atoms with van der Waals surface area (Å²) in [6, 6.07) is 24.2. The zero-order valence-corrected chi connectivity index (χ0v) is 19.3. The minimum Gasteiger partial charge on any atom is -0.497 e. The number of aryl methyl sites for hydroxylation is 1. The molecule has 1 atom stereocenters. The normalized spacial score (nSPS) is 12.1. The number of fused-ring (bicyclic) bond motifs is 1. The Morgan fingerprint density at radius 2 is 1.79 bits per heavy atom. The summed E-state index contributed by atoms with van der Waals surface area (Å²) < 4.78 is 7.35. The van der Waals surface area contributed by atoms with Crippen molar-refractivity contribution < 1.29 is 14.6 Å². The van der Waals surface area contributed by atoms with Crippen LogP contribution in [0.25, 0.3) is 10.9 Å². The maximum atomic E-state index is 12.5. The van der Waals surface area contributed by atoms with Crippen molar-refractivity contribution in [2.24, 2.45) is 0 Å². The Balaban J connectivity index is 1.71. The van der Waals surface area contributed by atoms with Gasteiger partial charge in [-0.15, -0.1) is 0 Å². The van der Waals surface area contributed by atoms with Crippen LogP contribution < -0.4 is 10.1 Å². The molecule has 3 aromatic carbocycles. The number of hydrogen-bond acceptors (Lipinski definition) is 3. The summed E-state index contributed by atoms with van der Waals surface area (Å²) in [5.41, 5.74) is 5.47. The Bertz CT molecular complexity index is 1260. The first-order chi connectivity index (χ1) is 16.0. The van der Waals surface area contributed by atoms with Crippen molar-refractivity contribution >= 4 is 16.9 Å². The van der Waals surface area contributed by atoms with E-state index in [9.17, 15) is 9.90 Å². The fourth-order valence-corrected chi connectivity index (χ4v) is 4.39. The molecule has 0 saturated carbocycles. The molecule has 0 unspecified atom stereocenters. The molecule has 0 spiro atoms. The van der Waals surface area contributed by atoms with Crippen molar-refractivity contribution in [1.82, 2.24) is 9.88 Å². The summed E-state index contributed by atoms with van der Waals surface area (Å²) in [7, 11) is 1.63. The largest absolute Gasteiger partial charge is 0.497 e. The summed E-state index contributed by atoms with van der Waals surface area (Å²) >= 11 is 0. The van der Waals surface area contributed by atoms with E-state index in [1.807, 2.05) is 59.2 Å². The second kappa shape index (κ2) is 9.92. The first-order valence-electron chi connectivity index (χ1n) is 11.2. The van der Waals surface area contributed by atoms with Crippen LogP contribution in [-0.4, -0.2) is 29.3 Å². The highest BCUT2D eigenvalue weighted by Crippen LogP contribution is 2.31. The molecule has 0 aliphatic rings. The molecule has 1 heterocycles. The van der Waals surface area contributed by atoms with Gasteiger partial charge in [-0.3, -0.25) is 0 Å². The predicted octanol–water partition coefficient (Wildman–Crippen LogP) is 5.60. The number of ether oxygens (including phenoxy) is 1. The molecule has 170 valence electrons. The molecule has 4 aromatic rings. The molecule has 0 amide bonds. The first-order valence-corrected chi connectivity index (χ1v) is 11.2. The zero-order valence-electron chi connectivity index (χ0n) is 19.3. The van der Waals surface area contributed by atoms with Gasteiger partial charge in [-0.05, 0) is 41.7 Å². The molecule has 0 saturated heterocycles. The van der Waals surface area contributed by atoms with Crippen molar-refractivity contribution in [1.29, 1.82) is 0 Å². The van der Waals surface area contributed by atoms with E-state index in [0.717, 1.165) is 34.1 Å². The predicted molar refractivity (Wildman–Crippen MR) is 132 cm³/mol. The Hall–Kier alpha value is -3.57. The van der Waals surface area contributed by atoms with Gasteiger partial charge in [0.2, 0.25) is 0 Å². The minimum absolute atomic E-state index is 0.319. The molecule has 5 nitrogen and oxygen atoms in total. The molecule has 5 heteroatoms. The number of methoxy groups -OCH3 is 1. The maximum Gasteiger partial charge on any atom is 0.352 e. The van der Waals surface area contributed by atoms with Crippen molar-refractivity contribution in [3.05, 3.63) is 101 Å². The average Bonchev–Trinajstić information content (AvgIpc) is 3.13. The second-order valence-corrected chi connectivity index (χ2v) is 8.47. The number of nitrogens with zero attached hydrogens (tertiary/aromatic N) is 1. The molecule has 0 radical (unpaired) electrons. The fraction of sp³-hybridized carbons (Fsp3) is 0.250. The van der Waals surface area contributed by atoms with Gasteiger partial charge in [0.25, 0.3) is 0 Å². The van der Waals surface area contributed by atoms with Gasteiger partial charge in [-0.1, -0.05) is 61.5 Å². The lowest BCUT2D eigenvalue weighted by molar-refractivity contribution is 0.0684. The van der Waals surface area contributed by atoms with Crippen molar-refractivity contribution in [3.63, 3.8) is 0 Å². The third kappa shape index (κ3) is 4.78. The molecule has 0 bridgehead atoms. The highest BCUT2D eigenvalue weighted by molar-refractivity contribution is 5.98. The van der Waals surface area contributed by atoms with Gasteiger partial charge in [0.15, 0.2) is 0 Å². The molecular formula is C28H30N2O3. The molecule has 0 aliphatic carbocycles. The van der Waals surface area contributed by atoms with Gasteiger partial charge in [0.05, 0.1) is 12.6 Å². The fourth-order valence-electron chi connectivity index (χ4n) is 4.39. The van der Waals surface area contributed by atoms with Crippen molar-refractivity contribution in [2.75, 3.05) is 13.7 Å². The standard InChI is InChI=1S/C28H30N2O3/c1-19-9-7-8-12-22(19)18-30-26-15-23(33-3)13-14-24(26)25(27(30)28(31)32)17-29-16-20(2)21-10-5-4-6-11-21/h4-15,20,29H,16-18H2,1-3H3,(H,31,32)/t20-/m1/s1. The average molecular weight is 443 g/mol. The second-order valence-electron chi connectivity index (χ2n) is 8.47. The third-order valence-electron chi connectivity index (χ3n) is 6.29. The zero-order chi connectivity index (χ0) is 23.4. The maximum absolute atomic E-state index is 12.5. The molecule has 0 aliphatic heterocycles. The van der Waals surface area contributed by atoms with Crippen LogP contribution in [0.5, 0.6) is 5.75 Å². The first kappa shape index (κ1) is 22.6. The van der Waals surface area contributed by atoms with Crippen molar-refractivity contribution in [2.45, 2.75) is 32.9 Å². The van der Waals surface area contributed by atoms with E-state index in [0.29, 0.717) is 30.5 Å². The van der Waals surface area contributed by atoms with Gasteiger partial charge in [-0.2, -0.15) is 0 Å². The third-order valence-corrected chi connectivity index (χ3v) is 6.29. The summed E-state index contributed by atoms with van der Waals surface area (Å²) in [5, 5.41) is 14.7. The Morgan fingerprint density at radius 3 is 2.48 bits per heavy atom. The Labute approximate surface area is 194 Å². The number of aromatic carboxylic acids is 1. The van der Waals surface area contributed by atoms with E-state index < -0.39 is 5.97 Å². The lowest BCUT2D eigenvalue weighted by Crippen LogP contribution is -2.21. The lowest BCUT2D eigenvalue weighted by atomic mass is 10.0. The number of benzene rings is 3. The summed E-state index contributed by atoms with van der Waals surface area (Å²) in [6.07, 6.45) is 0. The molecule has 0 fully saturated rings. The number of carboxylic acids is 1. The van der Waals surface area contributed by atoms with Crippen molar-refractivity contribution in [3.8, 4) is 5.75 Å². The van der Waals surface area contributed by atoms with Gasteiger partial charge >= 0.3 is 5.97 Å². The molecular weight excluding hydrogens is 412 g/mol. The number of aromatic nitrogens is 1. The highest BCUT2D eigenvalue weighted by Gasteiger charge is 2.23. The minimum atomic E-state index is -0.924. The Morgan fingerprint density at radius 1 is 1.06 bits per heavy atom. The van der Waals surface area contributed by atoms with E-state index in [2.05, 4.69) is 37.4 Å². The van der Waals surface area contributed by atoms with E-state index in [1.165, 1.54) is 5.56 Å². The Kier molecular flexibility index (Phi) is 6.80. The van der Waals surface area contributed by atoms with Gasteiger partial charge in [0, 0.05) is 36.7 Å². The van der Waals surface area contributed by atoms with Gasteiger partial charge < -0.3 is 19.7 Å². The van der Waals surface area contributed by atoms with Crippen LogP contribution in [0.4, 0.5) is 0 Å². The number of rotatable bonds is 9. The number of carboxylic acid groups (broad SMARTS) is 1. The quantitative estimate of drug-likeness (QED) is 0.354. The summed E-state index contributed by atoms with van der Waals surface area (Å²) in [4.78, 5) is 12.5. The molecule has 2 N–H and O–H groups in total. The topological polar surface area (TPSA) is 63.5 Å². The smallest absolute Gasteiger partial charge is 0.352 e. The van der Waals surface area contributed by atoms with E-state index in [-0.39, 0.29) is 0 Å². The molecule has 1 aromatic heterocycles. The van der Waals surface area contributed by atoms with Crippen LogP contribution in [0.15, 0.2) is 72.8 Å². The van der Waals surface area contributed by atoms with Crippen LogP contribution in [0.2, 0.25) is 0 Å². The van der Waals surface area contributed by atoms with E-state index >= 15 is 0 Å². The van der Waals surface area contributed by atoms with E-state index in [1.54, 1.807) is 7.11 Å². The lowest BCUT2D eigenvalue weighted by Gasteiger charge is -2.14. The van der Waals surface area contributed by atoms with Crippen LogP contribution in [0.1, 0.15) is 45.6 Å². The molecule has 33 heavy (non-hydrogen) atoms. The van der Waals surface area contributed by atoms with Crippen LogP contribution in [0.3, 0.4) is 0 Å². The molecule has 4 rings (SSSR count). The number of nitrogens with one attached hydrogen (secondary N) is 1. The number of carbonyl (C=O) groups is 1. The van der Waals surface area contributed by atoms with Crippen LogP contribution >= 0.6 is 0 Å². The van der Waals surface area contributed by atoms with Gasteiger partial charge in [0.1, 0.15) is 11.4 Å². The summed E-state index contributed by atoms with van der Waals surface area (Å²) in [5.74, 6) is 0.103.